The van der Waals surface area contributed by atoms with Crippen LogP contribution in [0.4, 0.5) is 0 Å². The second-order valence-electron chi connectivity index (χ2n) is 7.51. The minimum Gasteiger partial charge on any atom is -0.478 e. The average Bonchev–Trinajstić information content (AvgIpc) is 3.09. The Morgan fingerprint density at radius 1 is 1.10 bits per heavy atom. The Morgan fingerprint density at radius 2 is 1.87 bits per heavy atom. The number of benzene rings is 2. The number of unbranched alkanes of at least 4 members (excludes halogenated alkanes) is 1. The Bertz CT molecular complexity index is 1270. The van der Waals surface area contributed by atoms with Crippen LogP contribution in [0.5, 0.6) is 0 Å². The molecular formula is C24H23BrN4O2. The van der Waals surface area contributed by atoms with Crippen LogP contribution >= 0.6 is 15.9 Å². The molecule has 7 heteroatoms. The maximum absolute atomic E-state index is 11.8. The number of rotatable bonds is 7. The summed E-state index contributed by atoms with van der Waals surface area (Å²) >= 11 is 3.38. The number of hydrogen-bond acceptors (Lipinski definition) is 4. The van der Waals surface area contributed by atoms with Gasteiger partial charge in [0.1, 0.15) is 10.4 Å². The zero-order valence-corrected chi connectivity index (χ0v) is 19.1. The second-order valence-corrected chi connectivity index (χ2v) is 8.32. The van der Waals surface area contributed by atoms with Crippen LogP contribution in [-0.4, -0.2) is 30.6 Å². The van der Waals surface area contributed by atoms with E-state index in [4.69, 9.17) is 4.98 Å². The lowest BCUT2D eigenvalue weighted by Crippen LogP contribution is -2.09. The Kier molecular flexibility index (Phi) is 6.13. The van der Waals surface area contributed by atoms with Gasteiger partial charge in [0.05, 0.1) is 18.3 Å². The van der Waals surface area contributed by atoms with Gasteiger partial charge in [0, 0.05) is 6.42 Å². The van der Waals surface area contributed by atoms with Crippen molar-refractivity contribution in [1.82, 2.24) is 19.5 Å². The molecule has 0 radical (unpaired) electrons. The largest absolute Gasteiger partial charge is 0.478 e. The van der Waals surface area contributed by atoms with Gasteiger partial charge in [-0.05, 0) is 57.6 Å². The molecule has 0 atom stereocenters. The lowest BCUT2D eigenvalue weighted by atomic mass is 9.92. The third-order valence-electron chi connectivity index (χ3n) is 5.44. The van der Waals surface area contributed by atoms with Crippen molar-refractivity contribution in [3.63, 3.8) is 0 Å². The van der Waals surface area contributed by atoms with Crippen LogP contribution in [0.25, 0.3) is 22.4 Å². The number of fused-ring (bicyclic) bond motifs is 1. The Morgan fingerprint density at radius 3 is 2.65 bits per heavy atom. The Balaban J connectivity index is 1.88. The fourth-order valence-corrected chi connectivity index (χ4v) is 4.11. The van der Waals surface area contributed by atoms with Gasteiger partial charge in [0.2, 0.25) is 0 Å². The number of imidazole rings is 1. The lowest BCUT2D eigenvalue weighted by Gasteiger charge is -2.17. The smallest absolute Gasteiger partial charge is 0.336 e. The number of carbonyl (C=O) groups is 1. The highest BCUT2D eigenvalue weighted by atomic mass is 79.9. The van der Waals surface area contributed by atoms with Crippen molar-refractivity contribution in [2.75, 3.05) is 0 Å². The number of halogens is 1. The van der Waals surface area contributed by atoms with E-state index in [2.05, 4.69) is 50.4 Å². The summed E-state index contributed by atoms with van der Waals surface area (Å²) in [6.45, 7) is 4.75. The molecule has 0 bridgehead atoms. The van der Waals surface area contributed by atoms with E-state index >= 15 is 0 Å². The predicted molar refractivity (Wildman–Crippen MR) is 124 cm³/mol. The van der Waals surface area contributed by atoms with Gasteiger partial charge >= 0.3 is 5.97 Å². The van der Waals surface area contributed by atoms with Crippen LogP contribution in [0.1, 0.15) is 47.1 Å². The van der Waals surface area contributed by atoms with Crippen LogP contribution in [0.2, 0.25) is 0 Å². The zero-order chi connectivity index (χ0) is 22.0. The van der Waals surface area contributed by atoms with E-state index in [9.17, 15) is 9.90 Å². The molecule has 0 aliphatic heterocycles. The van der Waals surface area contributed by atoms with Gasteiger partial charge in [-0.1, -0.05) is 49.7 Å². The molecule has 2 heterocycles. The van der Waals surface area contributed by atoms with Crippen LogP contribution in [0, 0.1) is 6.92 Å². The molecular weight excluding hydrogens is 456 g/mol. The Labute approximate surface area is 189 Å². The van der Waals surface area contributed by atoms with Crippen molar-refractivity contribution in [2.45, 2.75) is 39.7 Å². The summed E-state index contributed by atoms with van der Waals surface area (Å²) in [5.74, 6) is 0.00570. The number of aryl methyl sites for hydroxylation is 2. The third-order valence-corrected chi connectivity index (χ3v) is 5.82. The molecule has 1 N–H and O–H groups in total. The summed E-state index contributed by atoms with van der Waals surface area (Å²) in [5, 5.41) is 9.71. The van der Waals surface area contributed by atoms with E-state index in [1.807, 2.05) is 24.3 Å². The number of carboxylic acid groups (broad SMARTS) is 1. The molecule has 0 aliphatic carbocycles. The van der Waals surface area contributed by atoms with Crippen molar-refractivity contribution in [3.05, 3.63) is 75.8 Å². The van der Waals surface area contributed by atoms with E-state index in [0.717, 1.165) is 47.4 Å². The standard InChI is InChI=1S/C24H23BrN4O2/c1-3-4-12-21-28-22-23(26-13-20(25)27-22)29(21)14-19-15(2)8-7-11-17(19)16-9-5-6-10-18(16)24(30)31/h5-11,13H,3-4,12,14H2,1-2H3,(H,30,31). The molecule has 0 unspecified atom stereocenters. The molecule has 4 rings (SSSR count). The highest BCUT2D eigenvalue weighted by Gasteiger charge is 2.19. The predicted octanol–water partition coefficient (Wildman–Crippen LogP) is 5.65. The van der Waals surface area contributed by atoms with Gasteiger partial charge in [0.15, 0.2) is 11.3 Å². The first-order valence-electron chi connectivity index (χ1n) is 10.3. The van der Waals surface area contributed by atoms with E-state index in [1.165, 1.54) is 0 Å². The van der Waals surface area contributed by atoms with E-state index in [0.29, 0.717) is 27.9 Å². The molecule has 0 saturated heterocycles. The summed E-state index contributed by atoms with van der Waals surface area (Å²) < 4.78 is 2.76. The highest BCUT2D eigenvalue weighted by Crippen LogP contribution is 2.31. The van der Waals surface area contributed by atoms with Gasteiger partial charge in [-0.15, -0.1) is 0 Å². The van der Waals surface area contributed by atoms with Gasteiger partial charge in [-0.25, -0.2) is 19.7 Å². The fraction of sp³-hybridized carbons (Fsp3) is 0.250. The van der Waals surface area contributed by atoms with Crippen molar-refractivity contribution >= 4 is 33.2 Å². The number of aromatic carboxylic acids is 1. The molecule has 0 saturated carbocycles. The monoisotopic (exact) mass is 478 g/mol. The van der Waals surface area contributed by atoms with Gasteiger partial charge in [-0.3, -0.25) is 0 Å². The molecule has 4 aromatic rings. The summed E-state index contributed by atoms with van der Waals surface area (Å²) in [7, 11) is 0. The van der Waals surface area contributed by atoms with Crippen LogP contribution < -0.4 is 0 Å². The normalized spacial score (nSPS) is 11.2. The van der Waals surface area contributed by atoms with E-state index in [-0.39, 0.29) is 0 Å². The molecule has 0 aliphatic rings. The lowest BCUT2D eigenvalue weighted by molar-refractivity contribution is 0.0697. The van der Waals surface area contributed by atoms with Gasteiger partial charge < -0.3 is 9.67 Å². The molecule has 2 aromatic heterocycles. The second kappa shape index (κ2) is 8.98. The van der Waals surface area contributed by atoms with Crippen molar-refractivity contribution in [1.29, 1.82) is 0 Å². The minimum atomic E-state index is -0.935. The molecule has 31 heavy (non-hydrogen) atoms. The maximum Gasteiger partial charge on any atom is 0.336 e. The molecule has 0 amide bonds. The van der Waals surface area contributed by atoms with Crippen LogP contribution in [0.15, 0.2) is 53.3 Å². The first-order valence-corrected chi connectivity index (χ1v) is 11.1. The van der Waals surface area contributed by atoms with Crippen LogP contribution in [-0.2, 0) is 13.0 Å². The Hall–Kier alpha value is -3.06. The average molecular weight is 479 g/mol. The van der Waals surface area contributed by atoms with E-state index < -0.39 is 5.97 Å². The summed E-state index contributed by atoms with van der Waals surface area (Å²) in [5.41, 5.74) is 5.40. The van der Waals surface area contributed by atoms with Crippen LogP contribution in [0.3, 0.4) is 0 Å². The first kappa shape index (κ1) is 21.2. The molecule has 158 valence electrons. The minimum absolute atomic E-state index is 0.291. The molecule has 0 fully saturated rings. The summed E-state index contributed by atoms with van der Waals surface area (Å²) in [6, 6.07) is 13.1. The van der Waals surface area contributed by atoms with Gasteiger partial charge in [-0.2, -0.15) is 0 Å². The first-order chi connectivity index (χ1) is 15.0. The maximum atomic E-state index is 11.8. The third kappa shape index (κ3) is 4.23. The number of nitrogens with zero attached hydrogens (tertiary/aromatic N) is 4. The SMILES string of the molecule is CCCCc1nc2nc(Br)cnc2n1Cc1c(C)cccc1-c1ccccc1C(=O)O. The summed E-state index contributed by atoms with van der Waals surface area (Å²) in [6.07, 6.45) is 4.60. The van der Waals surface area contributed by atoms with Gasteiger partial charge in [0.25, 0.3) is 0 Å². The van der Waals surface area contributed by atoms with Crippen molar-refractivity contribution in [3.8, 4) is 11.1 Å². The van der Waals surface area contributed by atoms with Crippen molar-refractivity contribution in [2.24, 2.45) is 0 Å². The van der Waals surface area contributed by atoms with Crippen molar-refractivity contribution < 1.29 is 9.90 Å². The number of carboxylic acids is 1. The highest BCUT2D eigenvalue weighted by molar-refractivity contribution is 9.10. The fourth-order valence-electron chi connectivity index (χ4n) is 3.84. The summed E-state index contributed by atoms with van der Waals surface area (Å²) in [4.78, 5) is 25.7. The quantitative estimate of drug-likeness (QED) is 0.370. The molecule has 0 spiro atoms. The number of hydrogen-bond donors (Lipinski definition) is 1. The van der Waals surface area contributed by atoms with E-state index in [1.54, 1.807) is 18.3 Å². The number of aromatic nitrogens is 4. The molecule has 6 nitrogen and oxygen atoms in total. The molecule has 2 aromatic carbocycles. The zero-order valence-electron chi connectivity index (χ0n) is 17.5. The topological polar surface area (TPSA) is 80.9 Å².